The highest BCUT2D eigenvalue weighted by atomic mass is 16.3. The van der Waals surface area contributed by atoms with E-state index in [1.807, 2.05) is 12.1 Å². The van der Waals surface area contributed by atoms with E-state index in [-0.39, 0.29) is 17.9 Å². The minimum Gasteiger partial charge on any atom is -0.391 e. The maximum atomic E-state index is 12.6. The summed E-state index contributed by atoms with van der Waals surface area (Å²) >= 11 is 0. The molecular formula is C19H25N3O3. The van der Waals surface area contributed by atoms with Crippen LogP contribution in [0.25, 0.3) is 0 Å². The lowest BCUT2D eigenvalue weighted by molar-refractivity contribution is -0.127. The molecule has 134 valence electrons. The van der Waals surface area contributed by atoms with Crippen molar-refractivity contribution >= 4 is 17.5 Å². The number of nitrogens with zero attached hydrogens (tertiary/aromatic N) is 2. The Labute approximate surface area is 148 Å². The molecule has 3 rings (SSSR count). The number of β-amino-alcohol motifs (C(OH)–C–C–N with tert-alkyl or cyclic N) is 1. The van der Waals surface area contributed by atoms with E-state index in [1.165, 1.54) is 0 Å². The number of benzene rings is 1. The lowest BCUT2D eigenvalue weighted by Crippen LogP contribution is -2.42. The standard InChI is InChI=1S/C19H25N3O3/c1-2-9-21-11-8-17(19(21)25)20-15-6-3-5-14(12-15)18(24)22-10-4-7-16(23)13-22/h2-3,5-6,12,16-17,20,23H,1,4,7-11,13H2/t16-,17+/m0/s1. The molecule has 0 aromatic heterocycles. The van der Waals surface area contributed by atoms with Gasteiger partial charge in [-0.05, 0) is 37.5 Å². The van der Waals surface area contributed by atoms with Gasteiger partial charge in [0.1, 0.15) is 6.04 Å². The van der Waals surface area contributed by atoms with Crippen molar-refractivity contribution in [3.05, 3.63) is 42.5 Å². The number of aliphatic hydroxyl groups is 1. The molecule has 2 aliphatic rings. The number of carbonyl (C=O) groups excluding carboxylic acids is 2. The van der Waals surface area contributed by atoms with Crippen LogP contribution in [0.15, 0.2) is 36.9 Å². The van der Waals surface area contributed by atoms with E-state index in [4.69, 9.17) is 0 Å². The minimum absolute atomic E-state index is 0.0655. The van der Waals surface area contributed by atoms with E-state index in [2.05, 4.69) is 11.9 Å². The molecule has 6 heteroatoms. The number of carbonyl (C=O) groups is 2. The highest BCUT2D eigenvalue weighted by Gasteiger charge is 2.30. The highest BCUT2D eigenvalue weighted by molar-refractivity contribution is 5.95. The largest absolute Gasteiger partial charge is 0.391 e. The molecule has 1 aromatic carbocycles. The predicted molar refractivity (Wildman–Crippen MR) is 96.4 cm³/mol. The first kappa shape index (κ1) is 17.5. The molecule has 6 nitrogen and oxygen atoms in total. The smallest absolute Gasteiger partial charge is 0.254 e. The number of hydrogen-bond donors (Lipinski definition) is 2. The van der Waals surface area contributed by atoms with Crippen LogP contribution in [0.4, 0.5) is 5.69 Å². The molecule has 0 aliphatic carbocycles. The van der Waals surface area contributed by atoms with Crippen molar-refractivity contribution in [1.29, 1.82) is 0 Å². The van der Waals surface area contributed by atoms with Crippen LogP contribution in [-0.4, -0.2) is 65.0 Å². The third-order valence-corrected chi connectivity index (χ3v) is 4.78. The summed E-state index contributed by atoms with van der Waals surface area (Å²) in [7, 11) is 0. The summed E-state index contributed by atoms with van der Waals surface area (Å²) < 4.78 is 0. The average Bonchev–Trinajstić information content (AvgIpc) is 2.95. The van der Waals surface area contributed by atoms with Crippen LogP contribution in [0.3, 0.4) is 0 Å². The second-order valence-electron chi connectivity index (χ2n) is 6.69. The predicted octanol–water partition coefficient (Wildman–Crippen LogP) is 1.48. The van der Waals surface area contributed by atoms with Crippen molar-refractivity contribution in [3.63, 3.8) is 0 Å². The molecule has 0 saturated carbocycles. The SMILES string of the molecule is C=CCN1CC[C@@H](Nc2cccc(C(=O)N3CCC[C@H](O)C3)c2)C1=O. The van der Waals surface area contributed by atoms with Gasteiger partial charge < -0.3 is 20.2 Å². The summed E-state index contributed by atoms with van der Waals surface area (Å²) in [5.74, 6) is -0.00999. The van der Waals surface area contributed by atoms with Crippen LogP contribution < -0.4 is 5.32 Å². The van der Waals surface area contributed by atoms with Crippen LogP contribution in [-0.2, 0) is 4.79 Å². The number of amides is 2. The number of anilines is 1. The van der Waals surface area contributed by atoms with Gasteiger partial charge in [0.2, 0.25) is 5.91 Å². The third kappa shape index (κ3) is 4.02. The summed E-state index contributed by atoms with van der Waals surface area (Å²) in [5.41, 5.74) is 1.34. The number of likely N-dealkylation sites (tertiary alicyclic amines) is 2. The van der Waals surface area contributed by atoms with Gasteiger partial charge in [-0.3, -0.25) is 9.59 Å². The molecule has 25 heavy (non-hydrogen) atoms. The fraction of sp³-hybridized carbons (Fsp3) is 0.474. The lowest BCUT2D eigenvalue weighted by atomic mass is 10.1. The molecule has 0 unspecified atom stereocenters. The van der Waals surface area contributed by atoms with Gasteiger partial charge in [-0.15, -0.1) is 6.58 Å². The van der Waals surface area contributed by atoms with Gasteiger partial charge in [-0.1, -0.05) is 12.1 Å². The van der Waals surface area contributed by atoms with E-state index >= 15 is 0 Å². The Balaban J connectivity index is 1.66. The van der Waals surface area contributed by atoms with Crippen LogP contribution in [0.1, 0.15) is 29.6 Å². The number of rotatable bonds is 5. The Morgan fingerprint density at radius 3 is 2.96 bits per heavy atom. The van der Waals surface area contributed by atoms with E-state index in [0.29, 0.717) is 31.7 Å². The summed E-state index contributed by atoms with van der Waals surface area (Å²) in [6.45, 7) is 6.01. The molecule has 2 heterocycles. The third-order valence-electron chi connectivity index (χ3n) is 4.78. The molecule has 2 atom stereocenters. The molecular weight excluding hydrogens is 318 g/mol. The van der Waals surface area contributed by atoms with Gasteiger partial charge in [0.15, 0.2) is 0 Å². The Hall–Kier alpha value is -2.34. The molecule has 2 aliphatic heterocycles. The molecule has 2 fully saturated rings. The number of aliphatic hydroxyl groups excluding tert-OH is 1. The van der Waals surface area contributed by atoms with Crippen molar-refractivity contribution in [1.82, 2.24) is 9.80 Å². The van der Waals surface area contributed by atoms with Crippen molar-refractivity contribution in [2.75, 3.05) is 31.5 Å². The van der Waals surface area contributed by atoms with Crippen LogP contribution in [0, 0.1) is 0 Å². The molecule has 0 radical (unpaired) electrons. The minimum atomic E-state index is -0.439. The molecule has 1 aromatic rings. The molecule has 2 amide bonds. The van der Waals surface area contributed by atoms with Gasteiger partial charge >= 0.3 is 0 Å². The van der Waals surface area contributed by atoms with E-state index in [9.17, 15) is 14.7 Å². The maximum Gasteiger partial charge on any atom is 0.254 e. The van der Waals surface area contributed by atoms with Crippen molar-refractivity contribution in [2.24, 2.45) is 0 Å². The van der Waals surface area contributed by atoms with Gasteiger partial charge in [0.05, 0.1) is 6.10 Å². The first-order valence-corrected chi connectivity index (χ1v) is 8.82. The van der Waals surface area contributed by atoms with E-state index in [1.54, 1.807) is 28.0 Å². The molecule has 2 saturated heterocycles. The average molecular weight is 343 g/mol. The van der Waals surface area contributed by atoms with E-state index < -0.39 is 6.10 Å². The highest BCUT2D eigenvalue weighted by Crippen LogP contribution is 2.20. The first-order chi connectivity index (χ1) is 12.1. The quantitative estimate of drug-likeness (QED) is 0.795. The van der Waals surface area contributed by atoms with Crippen LogP contribution in [0.2, 0.25) is 0 Å². The zero-order valence-corrected chi connectivity index (χ0v) is 14.4. The second kappa shape index (κ2) is 7.70. The van der Waals surface area contributed by atoms with Crippen LogP contribution >= 0.6 is 0 Å². The zero-order valence-electron chi connectivity index (χ0n) is 14.4. The van der Waals surface area contributed by atoms with Crippen molar-refractivity contribution in [3.8, 4) is 0 Å². The van der Waals surface area contributed by atoms with Gasteiger partial charge in [0.25, 0.3) is 5.91 Å². The molecule has 0 bridgehead atoms. The fourth-order valence-electron chi connectivity index (χ4n) is 3.47. The second-order valence-corrected chi connectivity index (χ2v) is 6.69. The number of hydrogen-bond acceptors (Lipinski definition) is 4. The van der Waals surface area contributed by atoms with Crippen LogP contribution in [0.5, 0.6) is 0 Å². The topological polar surface area (TPSA) is 72.9 Å². The van der Waals surface area contributed by atoms with Gasteiger partial charge in [-0.25, -0.2) is 0 Å². The summed E-state index contributed by atoms with van der Waals surface area (Å²) in [5, 5.41) is 13.0. The molecule has 0 spiro atoms. The maximum absolute atomic E-state index is 12.6. The Kier molecular flexibility index (Phi) is 5.38. The van der Waals surface area contributed by atoms with Crippen molar-refractivity contribution in [2.45, 2.75) is 31.4 Å². The lowest BCUT2D eigenvalue weighted by Gasteiger charge is -2.30. The summed E-state index contributed by atoms with van der Waals surface area (Å²) in [4.78, 5) is 28.4. The summed E-state index contributed by atoms with van der Waals surface area (Å²) in [6, 6.07) is 6.98. The molecule has 2 N–H and O–H groups in total. The first-order valence-electron chi connectivity index (χ1n) is 8.82. The Bertz CT molecular complexity index is 661. The number of piperidine rings is 1. The fourth-order valence-corrected chi connectivity index (χ4v) is 3.47. The Morgan fingerprint density at radius 2 is 2.20 bits per heavy atom. The summed E-state index contributed by atoms with van der Waals surface area (Å²) in [6.07, 6.45) is 3.60. The van der Waals surface area contributed by atoms with Gasteiger partial charge in [-0.2, -0.15) is 0 Å². The Morgan fingerprint density at radius 1 is 1.36 bits per heavy atom. The van der Waals surface area contributed by atoms with E-state index in [0.717, 1.165) is 24.9 Å². The number of nitrogens with one attached hydrogen (secondary N) is 1. The van der Waals surface area contributed by atoms with Crippen molar-refractivity contribution < 1.29 is 14.7 Å². The normalized spacial score (nSPS) is 23.6. The van der Waals surface area contributed by atoms with Gasteiger partial charge in [0, 0.05) is 37.4 Å². The zero-order chi connectivity index (χ0) is 17.8. The monoisotopic (exact) mass is 343 g/mol.